The van der Waals surface area contributed by atoms with Crippen molar-refractivity contribution in [3.8, 4) is 5.75 Å². The Labute approximate surface area is 124 Å². The Morgan fingerprint density at radius 2 is 2.00 bits per heavy atom. The molecule has 0 saturated heterocycles. The van der Waals surface area contributed by atoms with Gasteiger partial charge in [0.15, 0.2) is 0 Å². The minimum absolute atomic E-state index is 0.0866. The second kappa shape index (κ2) is 5.94. The quantitative estimate of drug-likeness (QED) is 0.934. The summed E-state index contributed by atoms with van der Waals surface area (Å²) in [6.07, 6.45) is 0.737. The highest BCUT2D eigenvalue weighted by molar-refractivity contribution is 7.09. The number of para-hydroxylation sites is 1. The van der Waals surface area contributed by atoms with E-state index < -0.39 is 0 Å². The number of aromatic nitrogens is 1. The zero-order chi connectivity index (χ0) is 14.8. The largest absolute Gasteiger partial charge is 0.496 e. The number of nitrogens with zero attached hydrogens (tertiary/aromatic N) is 1. The molecular formula is C16H22N2OS. The van der Waals surface area contributed by atoms with Gasteiger partial charge >= 0.3 is 0 Å². The van der Waals surface area contributed by atoms with Crippen molar-refractivity contribution in [1.29, 1.82) is 0 Å². The average Bonchev–Trinajstić information content (AvgIpc) is 2.87. The van der Waals surface area contributed by atoms with Crippen molar-refractivity contribution in [2.75, 3.05) is 7.11 Å². The SMILES string of the molecule is COc1ccccc1C(N)Cc1nc(C(C)(C)C)cs1. The van der Waals surface area contributed by atoms with Crippen LogP contribution in [-0.4, -0.2) is 12.1 Å². The summed E-state index contributed by atoms with van der Waals surface area (Å²) in [5.41, 5.74) is 8.55. The van der Waals surface area contributed by atoms with E-state index in [0.29, 0.717) is 0 Å². The summed E-state index contributed by atoms with van der Waals surface area (Å²) in [7, 11) is 1.67. The van der Waals surface area contributed by atoms with Gasteiger partial charge in [-0.3, -0.25) is 0 Å². The van der Waals surface area contributed by atoms with Crippen molar-refractivity contribution in [2.24, 2.45) is 5.73 Å². The molecule has 1 aromatic carbocycles. The molecule has 1 unspecified atom stereocenters. The molecule has 0 saturated carbocycles. The maximum atomic E-state index is 6.31. The van der Waals surface area contributed by atoms with E-state index in [0.717, 1.165) is 28.4 Å². The molecule has 4 heteroatoms. The summed E-state index contributed by atoms with van der Waals surface area (Å²) in [5, 5.41) is 3.21. The van der Waals surface area contributed by atoms with Gasteiger partial charge in [0.25, 0.3) is 0 Å². The maximum Gasteiger partial charge on any atom is 0.123 e. The van der Waals surface area contributed by atoms with Crippen molar-refractivity contribution < 1.29 is 4.74 Å². The van der Waals surface area contributed by atoms with E-state index >= 15 is 0 Å². The van der Waals surface area contributed by atoms with E-state index in [1.807, 2.05) is 24.3 Å². The van der Waals surface area contributed by atoms with Gasteiger partial charge in [0.05, 0.1) is 17.8 Å². The summed E-state index contributed by atoms with van der Waals surface area (Å²) in [5.74, 6) is 0.840. The molecule has 0 fully saturated rings. The highest BCUT2D eigenvalue weighted by Crippen LogP contribution is 2.29. The van der Waals surface area contributed by atoms with E-state index in [9.17, 15) is 0 Å². The molecular weight excluding hydrogens is 268 g/mol. The van der Waals surface area contributed by atoms with Crippen molar-refractivity contribution in [3.05, 3.63) is 45.9 Å². The molecule has 3 nitrogen and oxygen atoms in total. The molecule has 2 aromatic rings. The summed E-state index contributed by atoms with van der Waals surface area (Å²) in [6.45, 7) is 6.52. The summed E-state index contributed by atoms with van der Waals surface area (Å²) >= 11 is 1.68. The lowest BCUT2D eigenvalue weighted by atomic mass is 9.93. The first kappa shape index (κ1) is 15.0. The predicted octanol–water partition coefficient (Wildman–Crippen LogP) is 3.69. The third kappa shape index (κ3) is 3.38. The van der Waals surface area contributed by atoms with E-state index in [4.69, 9.17) is 15.5 Å². The van der Waals surface area contributed by atoms with Gasteiger partial charge in [0.2, 0.25) is 0 Å². The van der Waals surface area contributed by atoms with Crippen LogP contribution in [0.1, 0.15) is 43.1 Å². The molecule has 0 aliphatic heterocycles. The lowest BCUT2D eigenvalue weighted by Gasteiger charge is -2.15. The van der Waals surface area contributed by atoms with Gasteiger partial charge in [0, 0.05) is 28.8 Å². The molecule has 1 aromatic heterocycles. The first-order chi connectivity index (χ1) is 9.41. The second-order valence-electron chi connectivity index (χ2n) is 5.93. The molecule has 2 N–H and O–H groups in total. The Hall–Kier alpha value is -1.39. The zero-order valence-electron chi connectivity index (χ0n) is 12.5. The third-order valence-corrected chi connectivity index (χ3v) is 4.12. The fourth-order valence-corrected chi connectivity index (χ4v) is 3.10. The molecule has 20 heavy (non-hydrogen) atoms. The third-order valence-electron chi connectivity index (χ3n) is 3.25. The normalized spacial score (nSPS) is 13.2. The van der Waals surface area contributed by atoms with E-state index in [2.05, 4.69) is 26.2 Å². The van der Waals surface area contributed by atoms with Crippen molar-refractivity contribution in [2.45, 2.75) is 38.6 Å². The fourth-order valence-electron chi connectivity index (χ4n) is 2.02. The van der Waals surface area contributed by atoms with Crippen LogP contribution >= 0.6 is 11.3 Å². The van der Waals surface area contributed by atoms with Gasteiger partial charge in [-0.1, -0.05) is 39.0 Å². The minimum atomic E-state index is -0.0925. The molecule has 0 bridgehead atoms. The lowest BCUT2D eigenvalue weighted by Crippen LogP contribution is -2.15. The summed E-state index contributed by atoms with van der Waals surface area (Å²) in [4.78, 5) is 4.70. The Morgan fingerprint density at radius 3 is 2.60 bits per heavy atom. The molecule has 2 rings (SSSR count). The Bertz CT molecular complexity index is 572. The van der Waals surface area contributed by atoms with Crippen molar-refractivity contribution >= 4 is 11.3 Å². The van der Waals surface area contributed by atoms with Gasteiger partial charge < -0.3 is 10.5 Å². The molecule has 0 amide bonds. The van der Waals surface area contributed by atoms with Crippen molar-refractivity contribution in [1.82, 2.24) is 4.98 Å². The Morgan fingerprint density at radius 1 is 1.30 bits per heavy atom. The van der Waals surface area contributed by atoms with Crippen LogP contribution in [0.15, 0.2) is 29.6 Å². The van der Waals surface area contributed by atoms with Crippen LogP contribution < -0.4 is 10.5 Å². The van der Waals surface area contributed by atoms with Crippen molar-refractivity contribution in [3.63, 3.8) is 0 Å². The predicted molar refractivity (Wildman–Crippen MR) is 84.4 cm³/mol. The summed E-state index contributed by atoms with van der Waals surface area (Å²) < 4.78 is 5.37. The standard InChI is InChI=1S/C16H22N2OS/c1-16(2,3)14-10-20-15(18-14)9-12(17)11-7-5-6-8-13(11)19-4/h5-8,10,12H,9,17H2,1-4H3. The van der Waals surface area contributed by atoms with Crippen LogP contribution in [0.25, 0.3) is 0 Å². The number of hydrogen-bond donors (Lipinski definition) is 1. The Kier molecular flexibility index (Phi) is 4.45. The van der Waals surface area contributed by atoms with E-state index in [-0.39, 0.29) is 11.5 Å². The number of nitrogens with two attached hydrogens (primary N) is 1. The smallest absolute Gasteiger partial charge is 0.123 e. The van der Waals surface area contributed by atoms with Crippen LogP contribution in [0.3, 0.4) is 0 Å². The zero-order valence-corrected chi connectivity index (χ0v) is 13.3. The average molecular weight is 290 g/mol. The highest BCUT2D eigenvalue weighted by Gasteiger charge is 2.19. The van der Waals surface area contributed by atoms with Crippen LogP contribution in [0.2, 0.25) is 0 Å². The topological polar surface area (TPSA) is 48.1 Å². The van der Waals surface area contributed by atoms with Gasteiger partial charge in [-0.15, -0.1) is 11.3 Å². The molecule has 0 spiro atoms. The van der Waals surface area contributed by atoms with Gasteiger partial charge in [-0.05, 0) is 6.07 Å². The lowest BCUT2D eigenvalue weighted by molar-refractivity contribution is 0.405. The summed E-state index contributed by atoms with van der Waals surface area (Å²) in [6, 6.07) is 7.81. The number of rotatable bonds is 4. The number of ether oxygens (including phenoxy) is 1. The van der Waals surface area contributed by atoms with Gasteiger partial charge in [0.1, 0.15) is 5.75 Å². The number of benzene rings is 1. The maximum absolute atomic E-state index is 6.31. The number of thiazole rings is 1. The van der Waals surface area contributed by atoms with Crippen LogP contribution in [0.4, 0.5) is 0 Å². The highest BCUT2D eigenvalue weighted by atomic mass is 32.1. The van der Waals surface area contributed by atoms with E-state index in [1.54, 1.807) is 18.4 Å². The fraction of sp³-hybridized carbons (Fsp3) is 0.438. The monoisotopic (exact) mass is 290 g/mol. The van der Waals surface area contributed by atoms with Crippen LogP contribution in [0.5, 0.6) is 5.75 Å². The Balaban J connectivity index is 2.15. The van der Waals surface area contributed by atoms with Gasteiger partial charge in [-0.2, -0.15) is 0 Å². The number of hydrogen-bond acceptors (Lipinski definition) is 4. The molecule has 0 aliphatic rings. The molecule has 0 radical (unpaired) electrons. The van der Waals surface area contributed by atoms with Crippen LogP contribution in [0, 0.1) is 0 Å². The minimum Gasteiger partial charge on any atom is -0.496 e. The molecule has 108 valence electrons. The second-order valence-corrected chi connectivity index (χ2v) is 6.87. The van der Waals surface area contributed by atoms with Crippen LogP contribution in [-0.2, 0) is 11.8 Å². The number of methoxy groups -OCH3 is 1. The van der Waals surface area contributed by atoms with E-state index in [1.165, 1.54) is 0 Å². The molecule has 1 heterocycles. The molecule has 1 atom stereocenters. The molecule has 0 aliphatic carbocycles. The first-order valence-electron chi connectivity index (χ1n) is 6.75. The first-order valence-corrected chi connectivity index (χ1v) is 7.63. The van der Waals surface area contributed by atoms with Gasteiger partial charge in [-0.25, -0.2) is 4.98 Å².